The van der Waals surface area contributed by atoms with E-state index in [1.807, 2.05) is 24.5 Å². The Labute approximate surface area is 293 Å². The number of nitrogens with zero attached hydrogens (tertiary/aromatic N) is 4. The third-order valence-electron chi connectivity index (χ3n) is 9.67. The molecule has 2 aromatic carbocycles. The molecule has 1 aliphatic heterocycles. The summed E-state index contributed by atoms with van der Waals surface area (Å²) in [4.78, 5) is 14.7. The average molecular weight is 667 g/mol. The van der Waals surface area contributed by atoms with Gasteiger partial charge >= 0.3 is 0 Å². The Kier molecular flexibility index (Phi) is 13.3. The van der Waals surface area contributed by atoms with Gasteiger partial charge in [0.05, 0.1) is 39.8 Å². The molecule has 49 heavy (non-hydrogen) atoms. The van der Waals surface area contributed by atoms with E-state index in [0.717, 1.165) is 99.5 Å². The van der Waals surface area contributed by atoms with Gasteiger partial charge in [-0.25, -0.2) is 0 Å². The van der Waals surface area contributed by atoms with Crippen LogP contribution in [0.5, 0.6) is 23.0 Å². The standard InChI is InChI=1S/C41H54N4O4/c1-7-11-33-26-34(27-38(46-3)30(33)2)36-24-31(14-16-42-36)12-8-18-44-20-10-21-45(23-22-44)19-9-13-32-15-17-43-37(25-32)35-28-39(47-4)41(49-6)40(29-35)48-5/h14-17,24-29H,7-13,18-23H2,1-6H3. The van der Waals surface area contributed by atoms with Gasteiger partial charge in [0, 0.05) is 36.6 Å². The molecule has 0 atom stereocenters. The summed E-state index contributed by atoms with van der Waals surface area (Å²) in [7, 11) is 6.65. The van der Waals surface area contributed by atoms with Gasteiger partial charge in [-0.05, 0) is 142 Å². The Morgan fingerprint density at radius 2 is 1.12 bits per heavy atom. The van der Waals surface area contributed by atoms with E-state index in [1.165, 1.54) is 35.2 Å². The summed E-state index contributed by atoms with van der Waals surface area (Å²) in [5.41, 5.74) is 9.24. The van der Waals surface area contributed by atoms with Crippen molar-refractivity contribution in [2.45, 2.75) is 58.8 Å². The molecule has 5 rings (SSSR count). The molecule has 0 radical (unpaired) electrons. The number of benzene rings is 2. The Morgan fingerprint density at radius 3 is 1.61 bits per heavy atom. The van der Waals surface area contributed by atoms with Crippen LogP contribution in [0.25, 0.3) is 22.5 Å². The summed E-state index contributed by atoms with van der Waals surface area (Å²) >= 11 is 0. The quantitative estimate of drug-likeness (QED) is 0.121. The first-order chi connectivity index (χ1) is 24.0. The lowest BCUT2D eigenvalue weighted by Gasteiger charge is -2.22. The van der Waals surface area contributed by atoms with Crippen molar-refractivity contribution in [3.63, 3.8) is 0 Å². The summed E-state index contributed by atoms with van der Waals surface area (Å²) < 4.78 is 22.3. The van der Waals surface area contributed by atoms with E-state index >= 15 is 0 Å². The summed E-state index contributed by atoms with van der Waals surface area (Å²) in [6.45, 7) is 11.2. The highest BCUT2D eigenvalue weighted by atomic mass is 16.5. The van der Waals surface area contributed by atoms with Crippen LogP contribution in [0, 0.1) is 6.92 Å². The van der Waals surface area contributed by atoms with Gasteiger partial charge < -0.3 is 28.7 Å². The first-order valence-electron chi connectivity index (χ1n) is 17.8. The van der Waals surface area contributed by atoms with Crippen LogP contribution in [0.3, 0.4) is 0 Å². The highest BCUT2D eigenvalue weighted by Crippen LogP contribution is 2.41. The molecule has 3 heterocycles. The monoisotopic (exact) mass is 666 g/mol. The zero-order valence-corrected chi connectivity index (χ0v) is 30.4. The van der Waals surface area contributed by atoms with Gasteiger partial charge in [-0.2, -0.15) is 0 Å². The second-order valence-corrected chi connectivity index (χ2v) is 13.0. The van der Waals surface area contributed by atoms with Gasteiger partial charge in [0.25, 0.3) is 0 Å². The molecule has 1 saturated heterocycles. The van der Waals surface area contributed by atoms with Gasteiger partial charge in [0.15, 0.2) is 11.5 Å². The summed E-state index contributed by atoms with van der Waals surface area (Å²) in [6.07, 6.45) is 11.6. The third kappa shape index (κ3) is 9.52. The van der Waals surface area contributed by atoms with E-state index in [0.29, 0.717) is 17.2 Å². The van der Waals surface area contributed by atoms with Crippen LogP contribution in [0.4, 0.5) is 0 Å². The summed E-state index contributed by atoms with van der Waals surface area (Å²) in [6, 6.07) is 17.1. The third-order valence-corrected chi connectivity index (χ3v) is 9.67. The Morgan fingerprint density at radius 1 is 0.612 bits per heavy atom. The van der Waals surface area contributed by atoms with Crippen LogP contribution in [0.1, 0.15) is 54.9 Å². The molecule has 8 heteroatoms. The van der Waals surface area contributed by atoms with Crippen molar-refractivity contribution in [1.29, 1.82) is 0 Å². The van der Waals surface area contributed by atoms with Crippen molar-refractivity contribution in [2.24, 2.45) is 0 Å². The van der Waals surface area contributed by atoms with Crippen molar-refractivity contribution in [3.05, 3.63) is 83.2 Å². The molecule has 262 valence electrons. The van der Waals surface area contributed by atoms with Crippen LogP contribution in [0.15, 0.2) is 60.9 Å². The van der Waals surface area contributed by atoms with Crippen molar-refractivity contribution < 1.29 is 18.9 Å². The molecule has 8 nitrogen and oxygen atoms in total. The lowest BCUT2D eigenvalue weighted by atomic mass is 9.97. The average Bonchev–Trinajstić information content (AvgIpc) is 3.37. The van der Waals surface area contributed by atoms with Crippen molar-refractivity contribution in [3.8, 4) is 45.5 Å². The lowest BCUT2D eigenvalue weighted by molar-refractivity contribution is 0.253. The fourth-order valence-corrected chi connectivity index (χ4v) is 6.92. The molecule has 4 aromatic rings. The smallest absolute Gasteiger partial charge is 0.203 e. The molecule has 1 aliphatic rings. The van der Waals surface area contributed by atoms with E-state index in [-0.39, 0.29) is 0 Å². The van der Waals surface area contributed by atoms with E-state index < -0.39 is 0 Å². The molecule has 2 aromatic heterocycles. The lowest BCUT2D eigenvalue weighted by Crippen LogP contribution is -2.32. The van der Waals surface area contributed by atoms with E-state index in [1.54, 1.807) is 28.4 Å². The number of ether oxygens (including phenoxy) is 4. The Balaban J connectivity index is 1.09. The SMILES string of the molecule is CCCc1cc(-c2cc(CCCN3CCCN(CCCc4ccnc(-c5cc(OC)c(OC)c(OC)c5)c4)CC3)ccn2)cc(OC)c1C. The number of hydrogen-bond acceptors (Lipinski definition) is 8. The van der Waals surface area contributed by atoms with Gasteiger partial charge in [0.2, 0.25) is 5.75 Å². The minimum Gasteiger partial charge on any atom is -0.496 e. The number of aromatic nitrogens is 2. The Hall–Kier alpha value is -4.14. The largest absolute Gasteiger partial charge is 0.496 e. The second kappa shape index (κ2) is 18.0. The predicted molar refractivity (Wildman–Crippen MR) is 198 cm³/mol. The second-order valence-electron chi connectivity index (χ2n) is 13.0. The van der Waals surface area contributed by atoms with Crippen molar-refractivity contribution in [2.75, 3.05) is 67.7 Å². The maximum atomic E-state index is 5.71. The van der Waals surface area contributed by atoms with Crippen molar-refractivity contribution in [1.82, 2.24) is 19.8 Å². The van der Waals surface area contributed by atoms with Crippen molar-refractivity contribution >= 4 is 0 Å². The van der Waals surface area contributed by atoms with Gasteiger partial charge in [0.1, 0.15) is 5.75 Å². The fourth-order valence-electron chi connectivity index (χ4n) is 6.92. The highest BCUT2D eigenvalue weighted by Gasteiger charge is 2.17. The highest BCUT2D eigenvalue weighted by molar-refractivity contribution is 5.69. The van der Waals surface area contributed by atoms with E-state index in [2.05, 4.69) is 65.0 Å². The molecular formula is C41H54N4O4. The molecule has 0 unspecified atom stereocenters. The number of hydrogen-bond donors (Lipinski definition) is 0. The molecular weight excluding hydrogens is 612 g/mol. The first-order valence-corrected chi connectivity index (χ1v) is 17.8. The summed E-state index contributed by atoms with van der Waals surface area (Å²) in [5.74, 6) is 2.80. The summed E-state index contributed by atoms with van der Waals surface area (Å²) in [5, 5.41) is 0. The normalized spacial score (nSPS) is 14.0. The number of pyridine rings is 2. The molecule has 0 aliphatic carbocycles. The first kappa shape index (κ1) is 36.1. The minimum atomic E-state index is 0.588. The topological polar surface area (TPSA) is 69.2 Å². The van der Waals surface area contributed by atoms with E-state index in [4.69, 9.17) is 23.9 Å². The molecule has 1 fully saturated rings. The molecule has 0 bridgehead atoms. The fraction of sp³-hybridized carbons (Fsp3) is 0.463. The van der Waals surface area contributed by atoms with Crippen LogP contribution >= 0.6 is 0 Å². The van der Waals surface area contributed by atoms with Gasteiger partial charge in [-0.15, -0.1) is 0 Å². The van der Waals surface area contributed by atoms with Gasteiger partial charge in [-0.1, -0.05) is 13.3 Å². The van der Waals surface area contributed by atoms with E-state index in [9.17, 15) is 0 Å². The van der Waals surface area contributed by atoms with Crippen LogP contribution in [0.2, 0.25) is 0 Å². The zero-order chi connectivity index (χ0) is 34.6. The number of methoxy groups -OCH3 is 4. The maximum absolute atomic E-state index is 5.71. The predicted octanol–water partition coefficient (Wildman–Crippen LogP) is 7.68. The number of rotatable bonds is 16. The Bertz CT molecular complexity index is 1630. The number of aryl methyl sites for hydroxylation is 3. The molecule has 0 amide bonds. The maximum Gasteiger partial charge on any atom is 0.203 e. The van der Waals surface area contributed by atoms with Crippen LogP contribution in [-0.4, -0.2) is 87.5 Å². The molecule has 0 N–H and O–H groups in total. The molecule has 0 spiro atoms. The van der Waals surface area contributed by atoms with Gasteiger partial charge in [-0.3, -0.25) is 9.97 Å². The van der Waals surface area contributed by atoms with Crippen LogP contribution < -0.4 is 18.9 Å². The minimum absolute atomic E-state index is 0.588. The zero-order valence-electron chi connectivity index (χ0n) is 30.4. The molecule has 0 saturated carbocycles. The van der Waals surface area contributed by atoms with Crippen LogP contribution in [-0.2, 0) is 19.3 Å².